The Kier molecular flexibility index (Phi) is 4.96. The maximum atomic E-state index is 13.0. The Morgan fingerprint density at radius 1 is 1.37 bits per heavy atom. The molecular weight excluding hydrogens is 364 g/mol. The smallest absolute Gasteiger partial charge is 0.254 e. The topological polar surface area (TPSA) is 84.8 Å². The van der Waals surface area contributed by atoms with Crippen LogP contribution in [0.15, 0.2) is 16.5 Å². The van der Waals surface area contributed by atoms with Gasteiger partial charge in [-0.1, -0.05) is 6.92 Å². The third-order valence-electron chi connectivity index (χ3n) is 6.09. The molecule has 0 bridgehead atoms. The first kappa shape index (κ1) is 18.8. The van der Waals surface area contributed by atoms with Gasteiger partial charge in [-0.05, 0) is 50.2 Å². The second-order valence-corrected chi connectivity index (χ2v) is 10.9. The van der Waals surface area contributed by atoms with Gasteiger partial charge in [0, 0.05) is 31.0 Å². The molecule has 2 aliphatic heterocycles. The van der Waals surface area contributed by atoms with Gasteiger partial charge < -0.3 is 9.64 Å². The average Bonchev–Trinajstić information content (AvgIpc) is 3.33. The van der Waals surface area contributed by atoms with Gasteiger partial charge in [-0.25, -0.2) is 4.21 Å². The molecule has 7 nitrogen and oxygen atoms in total. The Bertz CT molecular complexity index is 818. The van der Waals surface area contributed by atoms with E-state index in [0.29, 0.717) is 55.8 Å². The number of ether oxygens (including phenoxy) is 1. The molecule has 27 heavy (non-hydrogen) atoms. The first-order valence-corrected chi connectivity index (χ1v) is 11.7. The lowest BCUT2D eigenvalue weighted by Gasteiger charge is -2.45. The van der Waals surface area contributed by atoms with Gasteiger partial charge in [-0.2, -0.15) is 9.46 Å². The largest absolute Gasteiger partial charge is 0.371 e. The van der Waals surface area contributed by atoms with Gasteiger partial charge >= 0.3 is 0 Å². The zero-order valence-corrected chi connectivity index (χ0v) is 16.9. The predicted octanol–water partition coefficient (Wildman–Crippen LogP) is 2.19. The molecule has 0 radical (unpaired) electrons. The highest BCUT2D eigenvalue weighted by Crippen LogP contribution is 2.41. The van der Waals surface area contributed by atoms with E-state index in [1.807, 2.05) is 19.1 Å². The molecule has 1 spiro atoms. The molecule has 1 aliphatic carbocycles. The number of aromatic nitrogens is 2. The molecule has 0 aromatic carbocycles. The number of hydrogen-bond acceptors (Lipinski definition) is 6. The summed E-state index contributed by atoms with van der Waals surface area (Å²) in [5, 5.41) is 8.43. The van der Waals surface area contributed by atoms with Crippen molar-refractivity contribution in [3.63, 3.8) is 0 Å². The lowest BCUT2D eigenvalue weighted by molar-refractivity contribution is -0.118. The molecule has 2 saturated heterocycles. The number of anilines is 1. The van der Waals surface area contributed by atoms with Crippen LogP contribution in [0.2, 0.25) is 0 Å². The van der Waals surface area contributed by atoms with E-state index in [-0.39, 0.29) is 11.5 Å². The molecule has 4 rings (SSSR count). The number of carbonyl (C=O) groups is 1. The second-order valence-electron chi connectivity index (χ2n) is 8.33. The van der Waals surface area contributed by atoms with Crippen molar-refractivity contribution in [1.82, 2.24) is 10.2 Å². The average molecular weight is 393 g/mol. The number of hydrogen-bond donors (Lipinski definition) is 0. The maximum Gasteiger partial charge on any atom is 0.254 e. The van der Waals surface area contributed by atoms with Crippen molar-refractivity contribution in [2.75, 3.05) is 36.1 Å². The van der Waals surface area contributed by atoms with Gasteiger partial charge in [-0.3, -0.25) is 4.79 Å². The summed E-state index contributed by atoms with van der Waals surface area (Å²) < 4.78 is 23.3. The van der Waals surface area contributed by atoms with Crippen molar-refractivity contribution in [1.29, 1.82) is 0 Å². The Labute approximate surface area is 161 Å². The van der Waals surface area contributed by atoms with Crippen molar-refractivity contribution in [2.24, 2.45) is 16.2 Å². The predicted molar refractivity (Wildman–Crippen MR) is 104 cm³/mol. The van der Waals surface area contributed by atoms with Crippen molar-refractivity contribution >= 4 is 21.5 Å². The quantitative estimate of drug-likeness (QED) is 0.784. The van der Waals surface area contributed by atoms with Crippen LogP contribution in [0.3, 0.4) is 0 Å². The lowest BCUT2D eigenvalue weighted by atomic mass is 9.94. The van der Waals surface area contributed by atoms with E-state index >= 15 is 0 Å². The molecule has 2 unspecified atom stereocenters. The SMILES string of the molecule is Cc1ccc(N2CCOC3(CCS(=O)(=NC(=O)CC4CC4C)CC3)C2)nn1. The highest BCUT2D eigenvalue weighted by molar-refractivity contribution is 7.93. The molecular formula is C19H28N4O3S. The highest BCUT2D eigenvalue weighted by Gasteiger charge is 2.42. The fourth-order valence-electron chi connectivity index (χ4n) is 4.04. The minimum atomic E-state index is -2.44. The van der Waals surface area contributed by atoms with Crippen LogP contribution < -0.4 is 4.90 Å². The molecule has 0 N–H and O–H groups in total. The summed E-state index contributed by atoms with van der Waals surface area (Å²) in [4.78, 5) is 14.3. The van der Waals surface area contributed by atoms with Crippen LogP contribution in [0.4, 0.5) is 5.82 Å². The number of carbonyl (C=O) groups excluding carboxylic acids is 1. The fraction of sp³-hybridized carbons (Fsp3) is 0.737. The Balaban J connectivity index is 1.40. The van der Waals surface area contributed by atoms with Crippen molar-refractivity contribution in [3.8, 4) is 0 Å². The van der Waals surface area contributed by atoms with Gasteiger partial charge in [0.05, 0.1) is 27.6 Å². The summed E-state index contributed by atoms with van der Waals surface area (Å²) in [6.07, 6.45) is 2.88. The summed E-state index contributed by atoms with van der Waals surface area (Å²) in [7, 11) is -2.44. The molecule has 1 saturated carbocycles. The van der Waals surface area contributed by atoms with Crippen molar-refractivity contribution < 1.29 is 13.7 Å². The first-order chi connectivity index (χ1) is 12.9. The molecule has 3 heterocycles. The Morgan fingerprint density at radius 2 is 2.11 bits per heavy atom. The van der Waals surface area contributed by atoms with E-state index in [2.05, 4.69) is 26.4 Å². The summed E-state index contributed by atoms with van der Waals surface area (Å²) in [6.45, 7) is 6.17. The molecule has 8 heteroatoms. The van der Waals surface area contributed by atoms with E-state index in [0.717, 1.165) is 24.5 Å². The monoisotopic (exact) mass is 392 g/mol. The van der Waals surface area contributed by atoms with Crippen LogP contribution in [-0.2, 0) is 19.3 Å². The van der Waals surface area contributed by atoms with Crippen LogP contribution >= 0.6 is 0 Å². The van der Waals surface area contributed by atoms with Crippen LogP contribution in [-0.4, -0.2) is 57.1 Å². The van der Waals surface area contributed by atoms with Crippen LogP contribution in [0.25, 0.3) is 0 Å². The van der Waals surface area contributed by atoms with E-state index in [1.54, 1.807) is 0 Å². The molecule has 1 amide bonds. The summed E-state index contributed by atoms with van der Waals surface area (Å²) >= 11 is 0. The summed E-state index contributed by atoms with van der Waals surface area (Å²) in [5.74, 6) is 2.62. The van der Waals surface area contributed by atoms with Gasteiger partial charge in [0.25, 0.3) is 5.91 Å². The van der Waals surface area contributed by atoms with Crippen LogP contribution in [0.5, 0.6) is 0 Å². The molecule has 2 atom stereocenters. The van der Waals surface area contributed by atoms with Crippen molar-refractivity contribution in [2.45, 2.75) is 45.1 Å². The van der Waals surface area contributed by atoms with Crippen LogP contribution in [0, 0.1) is 18.8 Å². The van der Waals surface area contributed by atoms with E-state index in [1.165, 1.54) is 0 Å². The zero-order chi connectivity index (χ0) is 19.1. The van der Waals surface area contributed by atoms with Gasteiger partial charge in [0.2, 0.25) is 0 Å². The Hall–Kier alpha value is -1.54. The third kappa shape index (κ3) is 4.32. The number of nitrogens with zero attached hydrogens (tertiary/aromatic N) is 4. The Morgan fingerprint density at radius 3 is 2.74 bits per heavy atom. The van der Waals surface area contributed by atoms with Crippen molar-refractivity contribution in [3.05, 3.63) is 17.8 Å². The molecule has 3 aliphatic rings. The normalized spacial score (nSPS) is 35.9. The van der Waals surface area contributed by atoms with Gasteiger partial charge in [0.15, 0.2) is 5.82 Å². The van der Waals surface area contributed by atoms with Crippen LogP contribution in [0.1, 0.15) is 38.3 Å². The summed E-state index contributed by atoms with van der Waals surface area (Å²) in [6, 6.07) is 3.95. The molecule has 1 aromatic rings. The third-order valence-corrected chi connectivity index (χ3v) is 8.31. The minimum absolute atomic E-state index is 0.175. The van der Waals surface area contributed by atoms with E-state index in [4.69, 9.17) is 4.74 Å². The number of rotatable bonds is 3. The number of morpholine rings is 1. The maximum absolute atomic E-state index is 13.0. The zero-order valence-electron chi connectivity index (χ0n) is 16.1. The molecule has 1 aromatic heterocycles. The lowest BCUT2D eigenvalue weighted by Crippen LogP contribution is -2.55. The molecule has 148 valence electrons. The van der Waals surface area contributed by atoms with E-state index < -0.39 is 9.73 Å². The molecule has 3 fully saturated rings. The minimum Gasteiger partial charge on any atom is -0.371 e. The van der Waals surface area contributed by atoms with Gasteiger partial charge in [-0.15, -0.1) is 5.10 Å². The number of aryl methyl sites for hydroxylation is 1. The standard InChI is InChI=1S/C19H28N4O3S/c1-14-11-16(14)12-18(24)22-27(25)9-5-19(6-10-27)13-23(7-8-26-19)17-4-3-15(2)20-21-17/h3-4,14,16H,5-13H2,1-2H3. The summed E-state index contributed by atoms with van der Waals surface area (Å²) in [5.41, 5.74) is 0.570. The van der Waals surface area contributed by atoms with E-state index in [9.17, 15) is 9.00 Å². The number of amides is 1. The first-order valence-electron chi connectivity index (χ1n) is 9.81. The second kappa shape index (κ2) is 7.13. The van der Waals surface area contributed by atoms with Gasteiger partial charge in [0.1, 0.15) is 0 Å². The fourth-order valence-corrected chi connectivity index (χ4v) is 6.26. The highest BCUT2D eigenvalue weighted by atomic mass is 32.2.